The summed E-state index contributed by atoms with van der Waals surface area (Å²) in [6.45, 7) is 0. The fourth-order valence-corrected chi connectivity index (χ4v) is 9.19. The van der Waals surface area contributed by atoms with Gasteiger partial charge in [0.25, 0.3) is 0 Å². The van der Waals surface area contributed by atoms with Crippen molar-refractivity contribution in [2.24, 2.45) is 0 Å². The van der Waals surface area contributed by atoms with Crippen LogP contribution in [0.5, 0.6) is 0 Å². The Bertz CT molecular complexity index is 2340. The molecule has 0 bridgehead atoms. The second-order valence-corrected chi connectivity index (χ2v) is 15.7. The Hall–Kier alpha value is -6.96. The fourth-order valence-electron chi connectivity index (χ4n) is 9.19. The highest BCUT2D eigenvalue weighted by Gasteiger charge is 2.64. The van der Waals surface area contributed by atoms with Gasteiger partial charge in [0.15, 0.2) is 0 Å². The van der Waals surface area contributed by atoms with Crippen molar-refractivity contribution in [3.63, 3.8) is 0 Å². The van der Waals surface area contributed by atoms with Crippen molar-refractivity contribution in [3.8, 4) is 0 Å². The molecule has 2 heterocycles. The van der Waals surface area contributed by atoms with E-state index in [1.165, 1.54) is 0 Å². The third-order valence-corrected chi connectivity index (χ3v) is 12.2. The molecule has 7 heteroatoms. The SMILES string of the molecule is O=C(c1cncn1C(c1ccccc1)(c1ccccc1)c1ccccc1)C1(OC2(C(=O)c3cncn3C(c3ccccc3)(c3ccccc3)c3ccccc3)CC2)CC1. The van der Waals surface area contributed by atoms with Crippen LogP contribution in [-0.4, -0.2) is 41.9 Å². The minimum atomic E-state index is -1.18. The summed E-state index contributed by atoms with van der Waals surface area (Å²) in [4.78, 5) is 39.8. The largest absolute Gasteiger partial charge is 0.352 e. The number of nitrogens with zero attached hydrogens (tertiary/aromatic N) is 4. The molecule has 8 aromatic rings. The lowest BCUT2D eigenvalue weighted by Crippen LogP contribution is -2.44. The van der Waals surface area contributed by atoms with E-state index in [2.05, 4.69) is 82.8 Å². The molecular formula is C52H42N4O3. The van der Waals surface area contributed by atoms with Crippen LogP contribution in [0.2, 0.25) is 0 Å². The number of ketones is 2. The second kappa shape index (κ2) is 14.5. The van der Waals surface area contributed by atoms with Gasteiger partial charge in [0.1, 0.15) is 33.7 Å². The van der Waals surface area contributed by atoms with Gasteiger partial charge < -0.3 is 13.9 Å². The van der Waals surface area contributed by atoms with E-state index in [4.69, 9.17) is 4.74 Å². The van der Waals surface area contributed by atoms with Crippen LogP contribution in [0.1, 0.15) is 80.0 Å². The average molecular weight is 771 g/mol. The zero-order valence-electron chi connectivity index (χ0n) is 32.5. The Morgan fingerprint density at radius 1 is 0.407 bits per heavy atom. The minimum absolute atomic E-state index is 0.179. The number of aromatic nitrogens is 4. The maximum atomic E-state index is 15.2. The molecular weight excluding hydrogens is 729 g/mol. The number of imidazole rings is 2. The van der Waals surface area contributed by atoms with Crippen molar-refractivity contribution in [1.82, 2.24) is 19.1 Å². The number of ether oxygens (including phenoxy) is 1. The van der Waals surface area contributed by atoms with Crippen molar-refractivity contribution in [2.45, 2.75) is 48.0 Å². The van der Waals surface area contributed by atoms with Crippen molar-refractivity contribution >= 4 is 11.6 Å². The van der Waals surface area contributed by atoms with Crippen LogP contribution in [0.15, 0.2) is 207 Å². The van der Waals surface area contributed by atoms with Gasteiger partial charge in [-0.05, 0) is 59.1 Å². The van der Waals surface area contributed by atoms with E-state index < -0.39 is 22.3 Å². The smallest absolute Gasteiger partial charge is 0.212 e. The minimum Gasteiger partial charge on any atom is -0.352 e. The van der Waals surface area contributed by atoms with E-state index in [1.807, 2.05) is 118 Å². The number of rotatable bonds is 14. The molecule has 0 aliphatic heterocycles. The number of carbonyl (C=O) groups is 2. The van der Waals surface area contributed by atoms with Crippen molar-refractivity contribution in [2.75, 3.05) is 0 Å². The quantitative estimate of drug-likeness (QED) is 0.0813. The first-order valence-electron chi connectivity index (χ1n) is 20.2. The molecule has 0 unspecified atom stereocenters. The van der Waals surface area contributed by atoms with Crippen LogP contribution < -0.4 is 0 Å². The molecule has 0 radical (unpaired) electrons. The Morgan fingerprint density at radius 2 is 0.644 bits per heavy atom. The van der Waals surface area contributed by atoms with Crippen LogP contribution >= 0.6 is 0 Å². The average Bonchev–Trinajstić information content (AvgIpc) is 4.15. The van der Waals surface area contributed by atoms with Gasteiger partial charge in [-0.1, -0.05) is 182 Å². The van der Waals surface area contributed by atoms with E-state index in [0.29, 0.717) is 37.1 Å². The van der Waals surface area contributed by atoms with E-state index in [-0.39, 0.29) is 11.6 Å². The lowest BCUT2D eigenvalue weighted by molar-refractivity contribution is -0.0219. The van der Waals surface area contributed by atoms with E-state index in [1.54, 1.807) is 25.0 Å². The molecule has 59 heavy (non-hydrogen) atoms. The summed E-state index contributed by atoms with van der Waals surface area (Å²) >= 11 is 0. The molecule has 7 nitrogen and oxygen atoms in total. The molecule has 6 aromatic carbocycles. The highest BCUT2D eigenvalue weighted by molar-refractivity contribution is 6.06. The Morgan fingerprint density at radius 3 is 0.864 bits per heavy atom. The Balaban J connectivity index is 1.06. The lowest BCUT2D eigenvalue weighted by Gasteiger charge is -2.39. The predicted molar refractivity (Wildman–Crippen MR) is 227 cm³/mol. The molecule has 0 saturated heterocycles. The number of benzene rings is 6. The van der Waals surface area contributed by atoms with Crippen LogP contribution in [0.4, 0.5) is 0 Å². The lowest BCUT2D eigenvalue weighted by atomic mass is 9.76. The van der Waals surface area contributed by atoms with E-state index in [9.17, 15) is 0 Å². The number of Topliss-reactive ketones (excluding diaryl/α,β-unsaturated/α-hetero) is 2. The molecule has 2 aliphatic carbocycles. The first-order chi connectivity index (χ1) is 29.0. The van der Waals surface area contributed by atoms with Crippen molar-refractivity contribution in [1.29, 1.82) is 0 Å². The van der Waals surface area contributed by atoms with Gasteiger partial charge in [0.2, 0.25) is 11.6 Å². The van der Waals surface area contributed by atoms with Gasteiger partial charge in [0.05, 0.1) is 25.0 Å². The highest BCUT2D eigenvalue weighted by Crippen LogP contribution is 2.55. The first-order valence-corrected chi connectivity index (χ1v) is 20.2. The summed E-state index contributed by atoms with van der Waals surface area (Å²) in [6.07, 6.45) is 8.82. The second-order valence-electron chi connectivity index (χ2n) is 15.7. The number of carbonyl (C=O) groups excluding carboxylic acids is 2. The zero-order chi connectivity index (χ0) is 39.9. The summed E-state index contributed by atoms with van der Waals surface area (Å²) in [5.74, 6) is -0.357. The standard InChI is InChI=1S/C52H42N4O3/c57-47(45-35-53-37-55(45)51(39-19-7-1-8-20-39,40-21-9-2-10-22-40)41-23-11-3-12-24-41)49(31-32-49)59-50(33-34-50)48(58)46-36-54-38-56(46)52(42-25-13-4-14-26-42,43-27-15-5-16-28-43)44-29-17-6-18-30-44/h1-30,35-38H,31-34H2. The van der Waals surface area contributed by atoms with Crippen molar-refractivity contribution < 1.29 is 14.3 Å². The summed E-state index contributed by atoms with van der Waals surface area (Å²) in [6, 6.07) is 61.4. The van der Waals surface area contributed by atoms with Gasteiger partial charge in [0, 0.05) is 0 Å². The topological polar surface area (TPSA) is 79.0 Å². The number of hydrogen-bond donors (Lipinski definition) is 0. The van der Waals surface area contributed by atoms with Crippen LogP contribution in [0.25, 0.3) is 0 Å². The van der Waals surface area contributed by atoms with E-state index >= 15 is 9.59 Å². The summed E-state index contributed by atoms with van der Waals surface area (Å²) in [5.41, 5.74) is 2.51. The summed E-state index contributed by atoms with van der Waals surface area (Å²) < 4.78 is 11.0. The van der Waals surface area contributed by atoms with Crippen LogP contribution in [0, 0.1) is 0 Å². The van der Waals surface area contributed by atoms with Crippen LogP contribution in [-0.2, 0) is 15.8 Å². The molecule has 2 aromatic heterocycles. The van der Waals surface area contributed by atoms with Crippen molar-refractivity contribution in [3.05, 3.63) is 252 Å². The van der Waals surface area contributed by atoms with Gasteiger partial charge in [-0.3, -0.25) is 9.59 Å². The van der Waals surface area contributed by atoms with Gasteiger partial charge >= 0.3 is 0 Å². The molecule has 2 aliphatic rings. The fraction of sp³-hybridized carbons (Fsp3) is 0.154. The van der Waals surface area contributed by atoms with Crippen LogP contribution in [0.3, 0.4) is 0 Å². The predicted octanol–water partition coefficient (Wildman–Crippen LogP) is 9.91. The van der Waals surface area contributed by atoms with E-state index in [0.717, 1.165) is 33.4 Å². The molecule has 2 fully saturated rings. The van der Waals surface area contributed by atoms with Gasteiger partial charge in [-0.2, -0.15) is 0 Å². The summed E-state index contributed by atoms with van der Waals surface area (Å²) in [5, 5.41) is 0. The zero-order valence-corrected chi connectivity index (χ0v) is 32.5. The molecule has 10 rings (SSSR count). The summed E-state index contributed by atoms with van der Waals surface area (Å²) in [7, 11) is 0. The normalized spacial score (nSPS) is 15.3. The van der Waals surface area contributed by atoms with Gasteiger partial charge in [-0.25, -0.2) is 9.97 Å². The molecule has 0 atom stereocenters. The molecule has 0 spiro atoms. The molecule has 0 amide bonds. The Kier molecular flexibility index (Phi) is 8.91. The molecule has 2 saturated carbocycles. The Labute approximate surface area is 343 Å². The highest BCUT2D eigenvalue weighted by atomic mass is 16.5. The molecule has 288 valence electrons. The maximum absolute atomic E-state index is 15.2. The first kappa shape index (κ1) is 36.4. The van der Waals surface area contributed by atoms with Gasteiger partial charge in [-0.15, -0.1) is 0 Å². The third-order valence-electron chi connectivity index (χ3n) is 12.2. The molecule has 0 N–H and O–H groups in total. The third kappa shape index (κ3) is 5.83. The number of hydrogen-bond acceptors (Lipinski definition) is 5. The monoisotopic (exact) mass is 770 g/mol. The maximum Gasteiger partial charge on any atom is 0.212 e.